The summed E-state index contributed by atoms with van der Waals surface area (Å²) in [4.78, 5) is 16.9. The minimum atomic E-state index is -0.317. The van der Waals surface area contributed by atoms with Crippen LogP contribution in [-0.2, 0) is 29.0 Å². The minimum Gasteiger partial charge on any atom is -0.366 e. The lowest BCUT2D eigenvalue weighted by molar-refractivity contribution is -0.150. The number of morpholine rings is 1. The number of hydrogen-bond acceptors (Lipinski definition) is 5. The monoisotopic (exact) mass is 319 g/mol. The van der Waals surface area contributed by atoms with Gasteiger partial charge in [0.15, 0.2) is 0 Å². The molecule has 7 heteroatoms. The maximum absolute atomic E-state index is 12.6. The molecule has 1 atom stereocenters. The number of fused-ring (bicyclic) bond motifs is 1. The molecule has 7 nitrogen and oxygen atoms in total. The van der Waals surface area contributed by atoms with Crippen molar-refractivity contribution >= 4 is 5.91 Å². The van der Waals surface area contributed by atoms with Gasteiger partial charge in [-0.05, 0) is 25.7 Å². The maximum Gasteiger partial charge on any atom is 0.253 e. The Labute approximate surface area is 136 Å². The first kappa shape index (κ1) is 15.1. The lowest BCUT2D eigenvalue weighted by atomic mass is 10.1. The highest BCUT2D eigenvalue weighted by Crippen LogP contribution is 2.18. The Hall–Kier alpha value is -1.47. The summed E-state index contributed by atoms with van der Waals surface area (Å²) in [7, 11) is 0. The van der Waals surface area contributed by atoms with E-state index >= 15 is 0 Å². The zero-order valence-electron chi connectivity index (χ0n) is 13.6. The van der Waals surface area contributed by atoms with Gasteiger partial charge in [0.1, 0.15) is 17.8 Å². The summed E-state index contributed by atoms with van der Waals surface area (Å²) in [6, 6.07) is 0. The van der Waals surface area contributed by atoms with E-state index in [1.807, 2.05) is 4.90 Å². The Morgan fingerprint density at radius 1 is 1.09 bits per heavy atom. The van der Waals surface area contributed by atoms with Crippen molar-refractivity contribution in [3.8, 4) is 0 Å². The number of amides is 1. The number of aryl methyl sites for hydroxylation is 1. The third-order valence-corrected chi connectivity index (χ3v) is 5.14. The van der Waals surface area contributed by atoms with Gasteiger partial charge >= 0.3 is 0 Å². The summed E-state index contributed by atoms with van der Waals surface area (Å²) >= 11 is 0. The van der Waals surface area contributed by atoms with Gasteiger partial charge in [0.05, 0.1) is 13.2 Å². The van der Waals surface area contributed by atoms with Crippen LogP contribution < -0.4 is 0 Å². The lowest BCUT2D eigenvalue weighted by Crippen LogP contribution is -2.51. The number of likely N-dealkylation sites (tertiary alicyclic amines) is 1. The van der Waals surface area contributed by atoms with E-state index in [2.05, 4.69) is 19.7 Å². The van der Waals surface area contributed by atoms with E-state index in [1.165, 1.54) is 6.42 Å². The smallest absolute Gasteiger partial charge is 0.253 e. The number of carbonyl (C=O) groups is 1. The zero-order chi connectivity index (χ0) is 15.6. The van der Waals surface area contributed by atoms with Gasteiger partial charge in [-0.1, -0.05) is 0 Å². The van der Waals surface area contributed by atoms with Crippen LogP contribution in [0.3, 0.4) is 0 Å². The average Bonchev–Trinajstić information content (AvgIpc) is 3.20. The molecule has 23 heavy (non-hydrogen) atoms. The van der Waals surface area contributed by atoms with Crippen LogP contribution in [0.2, 0.25) is 0 Å². The first-order valence-electron chi connectivity index (χ1n) is 8.85. The third kappa shape index (κ3) is 3.12. The molecular weight excluding hydrogens is 294 g/mol. The van der Waals surface area contributed by atoms with E-state index in [-0.39, 0.29) is 12.0 Å². The topological polar surface area (TPSA) is 63.5 Å². The molecular formula is C16H25N5O2. The molecule has 126 valence electrons. The zero-order valence-corrected chi connectivity index (χ0v) is 13.6. The Balaban J connectivity index is 1.37. The van der Waals surface area contributed by atoms with E-state index in [0.717, 1.165) is 70.1 Å². The predicted molar refractivity (Wildman–Crippen MR) is 83.8 cm³/mol. The summed E-state index contributed by atoms with van der Waals surface area (Å²) in [5, 5.41) is 8.60. The van der Waals surface area contributed by atoms with E-state index in [4.69, 9.17) is 4.74 Å². The predicted octanol–water partition coefficient (Wildman–Crippen LogP) is 0.438. The van der Waals surface area contributed by atoms with Gasteiger partial charge in [0, 0.05) is 39.1 Å². The third-order valence-electron chi connectivity index (χ3n) is 5.14. The van der Waals surface area contributed by atoms with Crippen LogP contribution in [0.4, 0.5) is 0 Å². The highest BCUT2D eigenvalue weighted by molar-refractivity contribution is 5.81. The molecule has 1 unspecified atom stereocenters. The maximum atomic E-state index is 12.6. The van der Waals surface area contributed by atoms with Crippen molar-refractivity contribution in [1.29, 1.82) is 0 Å². The molecule has 1 aromatic heterocycles. The van der Waals surface area contributed by atoms with Crippen molar-refractivity contribution in [1.82, 2.24) is 24.6 Å². The molecule has 0 radical (unpaired) electrons. The molecule has 1 amide bonds. The number of hydrogen-bond donors (Lipinski definition) is 0. The van der Waals surface area contributed by atoms with Crippen LogP contribution in [-0.4, -0.2) is 69.4 Å². The molecule has 0 N–H and O–H groups in total. The molecule has 1 aromatic rings. The van der Waals surface area contributed by atoms with E-state index < -0.39 is 0 Å². The number of ether oxygens (including phenoxy) is 1. The second-order valence-electron chi connectivity index (χ2n) is 6.77. The minimum absolute atomic E-state index is 0.167. The molecule has 0 aliphatic carbocycles. The summed E-state index contributed by atoms with van der Waals surface area (Å²) in [5.41, 5.74) is 0. The Kier molecular flexibility index (Phi) is 4.31. The first-order valence-corrected chi connectivity index (χ1v) is 8.85. The molecule has 0 saturated carbocycles. The van der Waals surface area contributed by atoms with Gasteiger partial charge in [-0.15, -0.1) is 10.2 Å². The quantitative estimate of drug-likeness (QED) is 0.809. The van der Waals surface area contributed by atoms with Crippen molar-refractivity contribution in [3.63, 3.8) is 0 Å². The Morgan fingerprint density at radius 2 is 1.96 bits per heavy atom. The first-order chi connectivity index (χ1) is 11.3. The normalized spacial score (nSPS) is 25.6. The van der Waals surface area contributed by atoms with Crippen LogP contribution >= 0.6 is 0 Å². The van der Waals surface area contributed by atoms with Crippen molar-refractivity contribution in [2.75, 3.05) is 32.8 Å². The SMILES string of the molecule is O=C(C1CN(Cc2nnc3n2CCC3)CCO1)N1CCCCC1. The molecule has 2 fully saturated rings. The van der Waals surface area contributed by atoms with Gasteiger partial charge in [-0.3, -0.25) is 9.69 Å². The number of carbonyl (C=O) groups excluding carboxylic acids is 1. The van der Waals surface area contributed by atoms with E-state index in [1.54, 1.807) is 0 Å². The highest BCUT2D eigenvalue weighted by atomic mass is 16.5. The summed E-state index contributed by atoms with van der Waals surface area (Å²) in [6.45, 7) is 5.69. The fourth-order valence-corrected chi connectivity index (χ4v) is 3.84. The summed E-state index contributed by atoms with van der Waals surface area (Å²) < 4.78 is 7.99. The fraction of sp³-hybridized carbons (Fsp3) is 0.812. The van der Waals surface area contributed by atoms with Crippen LogP contribution in [0.15, 0.2) is 0 Å². The Bertz CT molecular complexity index is 567. The fourth-order valence-electron chi connectivity index (χ4n) is 3.84. The molecule has 4 heterocycles. The number of piperidine rings is 1. The second-order valence-corrected chi connectivity index (χ2v) is 6.77. The number of rotatable bonds is 3. The molecule has 2 saturated heterocycles. The van der Waals surface area contributed by atoms with Crippen molar-refractivity contribution < 1.29 is 9.53 Å². The van der Waals surface area contributed by atoms with Crippen LogP contribution in [0, 0.1) is 0 Å². The van der Waals surface area contributed by atoms with Crippen LogP contribution in [0.5, 0.6) is 0 Å². The van der Waals surface area contributed by atoms with Crippen molar-refractivity contribution in [2.24, 2.45) is 0 Å². The van der Waals surface area contributed by atoms with Gasteiger partial charge in [-0.2, -0.15) is 0 Å². The highest BCUT2D eigenvalue weighted by Gasteiger charge is 2.31. The van der Waals surface area contributed by atoms with E-state index in [9.17, 15) is 4.79 Å². The van der Waals surface area contributed by atoms with Gasteiger partial charge in [0.25, 0.3) is 5.91 Å². The summed E-state index contributed by atoms with van der Waals surface area (Å²) in [5.74, 6) is 2.30. The Morgan fingerprint density at radius 3 is 2.83 bits per heavy atom. The van der Waals surface area contributed by atoms with Gasteiger partial charge in [-0.25, -0.2) is 0 Å². The van der Waals surface area contributed by atoms with E-state index in [0.29, 0.717) is 13.2 Å². The van der Waals surface area contributed by atoms with Crippen molar-refractivity contribution in [2.45, 2.75) is 51.3 Å². The van der Waals surface area contributed by atoms with Crippen LogP contribution in [0.1, 0.15) is 37.3 Å². The summed E-state index contributed by atoms with van der Waals surface area (Å²) in [6.07, 6.45) is 5.35. The average molecular weight is 319 g/mol. The molecule has 0 spiro atoms. The van der Waals surface area contributed by atoms with Gasteiger partial charge < -0.3 is 14.2 Å². The number of nitrogens with zero attached hydrogens (tertiary/aromatic N) is 5. The molecule has 0 aromatic carbocycles. The lowest BCUT2D eigenvalue weighted by Gasteiger charge is -2.36. The second kappa shape index (κ2) is 6.57. The van der Waals surface area contributed by atoms with Crippen molar-refractivity contribution in [3.05, 3.63) is 11.6 Å². The molecule has 0 bridgehead atoms. The molecule has 3 aliphatic heterocycles. The standard InChI is InChI=1S/C16H25N5O2/c22-16(20-6-2-1-3-7-20)13-11-19(9-10-23-13)12-15-18-17-14-5-4-8-21(14)15/h13H,1-12H2. The largest absolute Gasteiger partial charge is 0.366 e. The van der Waals surface area contributed by atoms with Gasteiger partial charge in [0.2, 0.25) is 0 Å². The molecule has 4 rings (SSSR count). The number of aromatic nitrogens is 3. The molecule has 3 aliphatic rings. The van der Waals surface area contributed by atoms with Crippen LogP contribution in [0.25, 0.3) is 0 Å².